The number of carbonyl (C=O) groups excluding carboxylic acids is 3. The molecule has 3 heterocycles. The third-order valence-corrected chi connectivity index (χ3v) is 6.48. The first-order valence-electron chi connectivity index (χ1n) is 9.67. The molecule has 0 aromatic heterocycles. The van der Waals surface area contributed by atoms with Crippen LogP contribution in [-0.4, -0.2) is 36.2 Å². The van der Waals surface area contributed by atoms with Gasteiger partial charge in [0.05, 0.1) is 12.2 Å². The van der Waals surface area contributed by atoms with E-state index in [2.05, 4.69) is 0 Å². The van der Waals surface area contributed by atoms with Crippen LogP contribution in [0, 0.1) is 17.7 Å². The molecule has 0 bridgehead atoms. The summed E-state index contributed by atoms with van der Waals surface area (Å²) in [6.07, 6.45) is 1.72. The van der Waals surface area contributed by atoms with Gasteiger partial charge in [0.2, 0.25) is 17.6 Å². The summed E-state index contributed by atoms with van der Waals surface area (Å²) in [6, 6.07) is 14.1. The smallest absolute Gasteiger partial charge is 0.244 e. The van der Waals surface area contributed by atoms with Gasteiger partial charge in [-0.15, -0.1) is 0 Å². The number of nitrogens with one attached hydrogen (secondary N) is 1. The SMILES string of the molecule is O=C(c1ccccc1)[C@H]1[C@@H]2C(=O)N(c3ccccc3F)C(=O)[C@@H]2[C@H]2CCC[NH+]21. The zero-order valence-electron chi connectivity index (χ0n) is 15.2. The Hall–Kier alpha value is -2.86. The molecule has 3 saturated heterocycles. The van der Waals surface area contributed by atoms with Crippen LogP contribution in [0.3, 0.4) is 0 Å². The second-order valence-electron chi connectivity index (χ2n) is 7.80. The average Bonchev–Trinajstić information content (AvgIpc) is 3.35. The van der Waals surface area contributed by atoms with Crippen LogP contribution in [-0.2, 0) is 9.59 Å². The highest BCUT2D eigenvalue weighted by molar-refractivity contribution is 6.24. The van der Waals surface area contributed by atoms with Crippen LogP contribution in [0.15, 0.2) is 54.6 Å². The summed E-state index contributed by atoms with van der Waals surface area (Å²) in [5.74, 6) is -2.80. The van der Waals surface area contributed by atoms with Crippen molar-refractivity contribution in [2.45, 2.75) is 24.9 Å². The number of rotatable bonds is 3. The van der Waals surface area contributed by atoms with Crippen LogP contribution in [0.1, 0.15) is 23.2 Å². The number of hydrogen-bond acceptors (Lipinski definition) is 3. The largest absolute Gasteiger partial charge is 0.322 e. The van der Waals surface area contributed by atoms with Crippen molar-refractivity contribution in [3.05, 3.63) is 66.0 Å². The van der Waals surface area contributed by atoms with Crippen molar-refractivity contribution >= 4 is 23.3 Å². The molecular formula is C22H20FN2O3+. The quantitative estimate of drug-likeness (QED) is 0.645. The second-order valence-corrected chi connectivity index (χ2v) is 7.80. The molecule has 2 aromatic carbocycles. The maximum Gasteiger partial charge on any atom is 0.244 e. The van der Waals surface area contributed by atoms with E-state index in [0.29, 0.717) is 5.56 Å². The Labute approximate surface area is 161 Å². The number of anilines is 1. The van der Waals surface area contributed by atoms with Gasteiger partial charge in [0.25, 0.3) is 0 Å². The van der Waals surface area contributed by atoms with E-state index >= 15 is 0 Å². The summed E-state index contributed by atoms with van der Waals surface area (Å²) in [7, 11) is 0. The van der Waals surface area contributed by atoms with Crippen molar-refractivity contribution in [1.82, 2.24) is 0 Å². The van der Waals surface area contributed by atoms with Gasteiger partial charge in [-0.25, -0.2) is 9.29 Å². The molecule has 6 heteroatoms. The number of amides is 2. The number of ketones is 1. The molecule has 3 fully saturated rings. The van der Waals surface area contributed by atoms with E-state index in [1.807, 2.05) is 6.07 Å². The number of halogens is 1. The lowest BCUT2D eigenvalue weighted by Gasteiger charge is -2.25. The summed E-state index contributed by atoms with van der Waals surface area (Å²) in [5.41, 5.74) is 0.535. The third-order valence-electron chi connectivity index (χ3n) is 6.48. The molecule has 2 amide bonds. The molecule has 0 radical (unpaired) electrons. The Morgan fingerprint density at radius 2 is 1.64 bits per heavy atom. The summed E-state index contributed by atoms with van der Waals surface area (Å²) < 4.78 is 14.3. The van der Waals surface area contributed by atoms with E-state index in [9.17, 15) is 18.8 Å². The molecule has 0 spiro atoms. The summed E-state index contributed by atoms with van der Waals surface area (Å²) in [5, 5.41) is 0. The van der Waals surface area contributed by atoms with Crippen LogP contribution in [0.5, 0.6) is 0 Å². The summed E-state index contributed by atoms with van der Waals surface area (Å²) >= 11 is 0. The van der Waals surface area contributed by atoms with Crippen molar-refractivity contribution in [3.8, 4) is 0 Å². The van der Waals surface area contributed by atoms with Crippen LogP contribution >= 0.6 is 0 Å². The molecule has 0 saturated carbocycles. The van der Waals surface area contributed by atoms with E-state index in [-0.39, 0.29) is 23.4 Å². The van der Waals surface area contributed by atoms with E-state index in [1.54, 1.807) is 30.3 Å². The van der Waals surface area contributed by atoms with Crippen molar-refractivity contribution in [2.24, 2.45) is 11.8 Å². The van der Waals surface area contributed by atoms with Gasteiger partial charge in [0.1, 0.15) is 23.7 Å². The molecule has 28 heavy (non-hydrogen) atoms. The molecule has 142 valence electrons. The maximum absolute atomic E-state index is 14.3. The maximum atomic E-state index is 14.3. The monoisotopic (exact) mass is 379 g/mol. The molecule has 0 aliphatic carbocycles. The van der Waals surface area contributed by atoms with E-state index < -0.39 is 29.6 Å². The Bertz CT molecular complexity index is 977. The number of imide groups is 1. The lowest BCUT2D eigenvalue weighted by molar-refractivity contribution is -0.915. The topological polar surface area (TPSA) is 58.9 Å². The van der Waals surface area contributed by atoms with Crippen molar-refractivity contribution in [2.75, 3.05) is 11.4 Å². The van der Waals surface area contributed by atoms with Gasteiger partial charge in [-0.05, 0) is 12.1 Å². The number of fused-ring (bicyclic) bond motifs is 3. The predicted molar refractivity (Wildman–Crippen MR) is 99.3 cm³/mol. The van der Waals surface area contributed by atoms with Gasteiger partial charge in [-0.1, -0.05) is 42.5 Å². The standard InChI is InChI=1S/C22H19FN2O3/c23-14-9-4-5-10-15(14)25-21(27)17-16-11-6-12-24(16)19(18(17)22(25)28)20(26)13-7-2-1-3-8-13/h1-5,7-10,16-19H,6,11-12H2/p+1/t16-,17-,18-,19-/m1/s1. The van der Waals surface area contributed by atoms with Crippen molar-refractivity contribution < 1.29 is 23.7 Å². The van der Waals surface area contributed by atoms with Gasteiger partial charge >= 0.3 is 0 Å². The summed E-state index contributed by atoms with van der Waals surface area (Å²) in [6.45, 7) is 0.779. The first-order chi connectivity index (χ1) is 13.6. The molecule has 3 aliphatic heterocycles. The number of carbonyl (C=O) groups is 3. The number of benzene rings is 2. The molecule has 3 aliphatic rings. The summed E-state index contributed by atoms with van der Waals surface area (Å²) in [4.78, 5) is 41.8. The minimum Gasteiger partial charge on any atom is -0.322 e. The van der Waals surface area contributed by atoms with E-state index in [1.165, 1.54) is 18.2 Å². The molecule has 1 unspecified atom stereocenters. The number of quaternary nitrogens is 1. The van der Waals surface area contributed by atoms with Gasteiger partial charge in [-0.3, -0.25) is 14.4 Å². The molecular weight excluding hydrogens is 359 g/mol. The Morgan fingerprint density at radius 1 is 0.964 bits per heavy atom. The third kappa shape index (κ3) is 2.31. The lowest BCUT2D eigenvalue weighted by atomic mass is 9.85. The lowest BCUT2D eigenvalue weighted by Crippen LogP contribution is -3.16. The number of Topliss-reactive ketones (excluding diaryl/α,β-unsaturated/α-hetero) is 1. The fourth-order valence-electron chi connectivity index (χ4n) is 5.39. The van der Waals surface area contributed by atoms with Crippen LogP contribution in [0.2, 0.25) is 0 Å². The molecule has 5 nitrogen and oxygen atoms in total. The zero-order valence-corrected chi connectivity index (χ0v) is 15.2. The van der Waals surface area contributed by atoms with Crippen LogP contribution in [0.4, 0.5) is 10.1 Å². The minimum atomic E-state index is -0.722. The first kappa shape index (κ1) is 17.3. The highest BCUT2D eigenvalue weighted by Gasteiger charge is 2.68. The van der Waals surface area contributed by atoms with Crippen LogP contribution < -0.4 is 9.80 Å². The molecule has 1 N–H and O–H groups in total. The average molecular weight is 379 g/mol. The highest BCUT2D eigenvalue weighted by Crippen LogP contribution is 2.40. The normalized spacial score (nSPS) is 31.2. The minimum absolute atomic E-state index is 0.0163. The number of para-hydroxylation sites is 1. The van der Waals surface area contributed by atoms with Crippen LogP contribution in [0.25, 0.3) is 0 Å². The highest BCUT2D eigenvalue weighted by atomic mass is 19.1. The van der Waals surface area contributed by atoms with Gasteiger partial charge in [0.15, 0.2) is 6.04 Å². The fraction of sp³-hybridized carbons (Fsp3) is 0.318. The van der Waals surface area contributed by atoms with Crippen molar-refractivity contribution in [1.29, 1.82) is 0 Å². The zero-order chi connectivity index (χ0) is 19.4. The second kappa shape index (κ2) is 6.34. The Balaban J connectivity index is 1.58. The van der Waals surface area contributed by atoms with E-state index in [0.717, 1.165) is 29.2 Å². The van der Waals surface area contributed by atoms with Gasteiger partial charge < -0.3 is 4.90 Å². The Morgan fingerprint density at radius 3 is 2.39 bits per heavy atom. The predicted octanol–water partition coefficient (Wildman–Crippen LogP) is 1.24. The van der Waals surface area contributed by atoms with Gasteiger partial charge in [-0.2, -0.15) is 0 Å². The fourth-order valence-corrected chi connectivity index (χ4v) is 5.39. The number of hydrogen-bond donors (Lipinski definition) is 1. The molecule has 5 atom stereocenters. The molecule has 5 rings (SSSR count). The molecule has 2 aromatic rings. The van der Waals surface area contributed by atoms with E-state index in [4.69, 9.17) is 0 Å². The Kier molecular flexibility index (Phi) is 3.91. The van der Waals surface area contributed by atoms with Gasteiger partial charge in [0, 0.05) is 18.4 Å². The first-order valence-corrected chi connectivity index (χ1v) is 9.67. The number of nitrogens with zero attached hydrogens (tertiary/aromatic N) is 1. The van der Waals surface area contributed by atoms with Crippen molar-refractivity contribution in [3.63, 3.8) is 0 Å².